The smallest absolute Gasteiger partial charge is 0.351 e. The molecule has 8 nitrogen and oxygen atoms in total. The van der Waals surface area contributed by atoms with E-state index in [-0.39, 0.29) is 18.8 Å². The number of nitrogens with zero attached hydrogens (tertiary/aromatic N) is 2. The molecule has 0 aliphatic carbocycles. The highest BCUT2D eigenvalue weighted by atomic mass is 16.5. The van der Waals surface area contributed by atoms with Crippen molar-refractivity contribution in [2.75, 3.05) is 12.3 Å². The number of anilines is 1. The predicted molar refractivity (Wildman–Crippen MR) is 71.6 cm³/mol. The van der Waals surface area contributed by atoms with Crippen LogP contribution in [0.2, 0.25) is 0 Å². The molecule has 20 heavy (non-hydrogen) atoms. The van der Waals surface area contributed by atoms with Gasteiger partial charge < -0.3 is 26.4 Å². The van der Waals surface area contributed by atoms with Crippen LogP contribution in [-0.4, -0.2) is 38.6 Å². The predicted octanol–water partition coefficient (Wildman–Crippen LogP) is -1.52. The van der Waals surface area contributed by atoms with Crippen molar-refractivity contribution in [3.05, 3.63) is 34.5 Å². The molecule has 1 aromatic rings. The molecule has 1 aliphatic rings. The van der Waals surface area contributed by atoms with Gasteiger partial charge in [0.25, 0.3) is 0 Å². The van der Waals surface area contributed by atoms with Crippen LogP contribution in [0.15, 0.2) is 23.1 Å². The molecule has 0 aromatic carbocycles. The van der Waals surface area contributed by atoms with Crippen LogP contribution in [0.3, 0.4) is 0 Å². The van der Waals surface area contributed by atoms with Crippen molar-refractivity contribution >= 4 is 5.82 Å². The number of rotatable bonds is 4. The maximum absolute atomic E-state index is 12.0. The lowest BCUT2D eigenvalue weighted by Crippen LogP contribution is -2.31. The van der Waals surface area contributed by atoms with Crippen molar-refractivity contribution in [2.24, 2.45) is 5.73 Å². The second kappa shape index (κ2) is 6.04. The fourth-order valence-electron chi connectivity index (χ4n) is 2.25. The van der Waals surface area contributed by atoms with Crippen LogP contribution in [0, 0.1) is 0 Å². The first-order valence-corrected chi connectivity index (χ1v) is 6.26. The third kappa shape index (κ3) is 2.82. The van der Waals surface area contributed by atoms with Crippen molar-refractivity contribution in [1.29, 1.82) is 0 Å². The third-order valence-corrected chi connectivity index (χ3v) is 3.19. The van der Waals surface area contributed by atoms with Gasteiger partial charge in [0, 0.05) is 24.6 Å². The van der Waals surface area contributed by atoms with E-state index in [4.69, 9.17) is 21.3 Å². The zero-order valence-corrected chi connectivity index (χ0v) is 10.8. The Kier molecular flexibility index (Phi) is 4.38. The second-order valence-electron chi connectivity index (χ2n) is 4.57. The minimum absolute atomic E-state index is 0.115. The highest BCUT2D eigenvalue weighted by molar-refractivity contribution is 5.29. The average Bonchev–Trinajstić information content (AvgIpc) is 2.76. The number of aromatic nitrogens is 2. The Hall–Kier alpha value is -1.90. The van der Waals surface area contributed by atoms with E-state index in [1.807, 2.05) is 0 Å². The quantitative estimate of drug-likeness (QED) is 0.526. The summed E-state index contributed by atoms with van der Waals surface area (Å²) in [7, 11) is 0. The van der Waals surface area contributed by atoms with E-state index in [2.05, 4.69) is 4.98 Å². The highest BCUT2D eigenvalue weighted by Gasteiger charge is 2.35. The number of hydrogen-bond acceptors (Lipinski definition) is 7. The fraction of sp³-hybridized carbons (Fsp3) is 0.500. The molecule has 0 spiro atoms. The van der Waals surface area contributed by atoms with Gasteiger partial charge in [0.05, 0.1) is 12.7 Å². The summed E-state index contributed by atoms with van der Waals surface area (Å²) in [5.41, 5.74) is 10.9. The Labute approximate surface area is 115 Å². The van der Waals surface area contributed by atoms with E-state index in [0.717, 1.165) is 0 Å². The van der Waals surface area contributed by atoms with Gasteiger partial charge in [0.1, 0.15) is 18.1 Å². The van der Waals surface area contributed by atoms with Crippen LogP contribution in [0.4, 0.5) is 5.82 Å². The van der Waals surface area contributed by atoms with Crippen molar-refractivity contribution in [3.8, 4) is 0 Å². The number of aliphatic hydroxyl groups excluding tert-OH is 2. The molecule has 2 rings (SSSR count). The summed E-state index contributed by atoms with van der Waals surface area (Å²) in [5, 5.41) is 18.8. The number of nitrogens with two attached hydrogens (primary N) is 2. The number of hydrogen-bond donors (Lipinski definition) is 4. The maximum Gasteiger partial charge on any atom is 0.351 e. The van der Waals surface area contributed by atoms with Crippen LogP contribution in [0.5, 0.6) is 0 Å². The first kappa shape index (κ1) is 14.5. The first-order chi connectivity index (χ1) is 9.56. The standard InChI is InChI=1S/C12H18N4O4/c13-3-1-2-7-4-10(14)15-12(19)16(7)11-5-8(18)9(6-17)20-11/h1,3-4,8-9,11,17-18H,2,5-6,13H2,(H2,14,15,19)/t8-,9+,11+/m0/s1. The molecular formula is C12H18N4O4. The summed E-state index contributed by atoms with van der Waals surface area (Å²) in [6, 6.07) is 1.56. The molecular weight excluding hydrogens is 264 g/mol. The van der Waals surface area contributed by atoms with E-state index in [1.54, 1.807) is 12.1 Å². The molecule has 0 amide bonds. The fourth-order valence-corrected chi connectivity index (χ4v) is 2.25. The van der Waals surface area contributed by atoms with E-state index >= 15 is 0 Å². The third-order valence-electron chi connectivity index (χ3n) is 3.19. The van der Waals surface area contributed by atoms with Crippen LogP contribution < -0.4 is 17.2 Å². The van der Waals surface area contributed by atoms with Crippen LogP contribution in [-0.2, 0) is 11.2 Å². The first-order valence-electron chi connectivity index (χ1n) is 6.26. The lowest BCUT2D eigenvalue weighted by atomic mass is 10.2. The molecule has 0 radical (unpaired) electrons. The van der Waals surface area contributed by atoms with E-state index in [9.17, 15) is 9.90 Å². The zero-order chi connectivity index (χ0) is 14.7. The van der Waals surface area contributed by atoms with Gasteiger partial charge >= 0.3 is 5.69 Å². The van der Waals surface area contributed by atoms with Gasteiger partial charge in [-0.3, -0.25) is 4.57 Å². The Morgan fingerprint density at radius 1 is 1.60 bits per heavy atom. The second-order valence-corrected chi connectivity index (χ2v) is 4.57. The Morgan fingerprint density at radius 3 is 2.95 bits per heavy atom. The summed E-state index contributed by atoms with van der Waals surface area (Å²) >= 11 is 0. The average molecular weight is 282 g/mol. The Bertz CT molecular complexity index is 557. The molecule has 8 heteroatoms. The largest absolute Gasteiger partial charge is 0.405 e. The molecule has 0 unspecified atom stereocenters. The number of nitrogen functional groups attached to an aromatic ring is 1. The minimum atomic E-state index is -0.827. The summed E-state index contributed by atoms with van der Waals surface area (Å²) in [6.45, 7) is -0.313. The van der Waals surface area contributed by atoms with Gasteiger partial charge in [-0.05, 0) is 6.20 Å². The molecule has 1 aliphatic heterocycles. The highest BCUT2D eigenvalue weighted by Crippen LogP contribution is 2.28. The lowest BCUT2D eigenvalue weighted by Gasteiger charge is -2.18. The Morgan fingerprint density at radius 2 is 2.35 bits per heavy atom. The lowest BCUT2D eigenvalue weighted by molar-refractivity contribution is -0.0466. The summed E-state index contributed by atoms with van der Waals surface area (Å²) < 4.78 is 6.81. The molecule has 1 aromatic heterocycles. The van der Waals surface area contributed by atoms with E-state index < -0.39 is 24.1 Å². The van der Waals surface area contributed by atoms with Crippen molar-refractivity contribution < 1.29 is 14.9 Å². The molecule has 0 saturated carbocycles. The summed E-state index contributed by atoms with van der Waals surface area (Å²) in [4.78, 5) is 15.7. The normalized spacial score (nSPS) is 26.4. The van der Waals surface area contributed by atoms with Crippen LogP contribution in [0.1, 0.15) is 18.3 Å². The molecule has 2 heterocycles. The molecule has 110 valence electrons. The van der Waals surface area contributed by atoms with E-state index in [1.165, 1.54) is 10.8 Å². The van der Waals surface area contributed by atoms with Gasteiger partial charge in [0.15, 0.2) is 0 Å². The van der Waals surface area contributed by atoms with Gasteiger partial charge in [-0.15, -0.1) is 0 Å². The van der Waals surface area contributed by atoms with Gasteiger partial charge in [-0.2, -0.15) is 4.98 Å². The van der Waals surface area contributed by atoms with Crippen molar-refractivity contribution in [2.45, 2.75) is 31.3 Å². The van der Waals surface area contributed by atoms with Gasteiger partial charge in [0.2, 0.25) is 0 Å². The van der Waals surface area contributed by atoms with Gasteiger partial charge in [-0.25, -0.2) is 4.79 Å². The monoisotopic (exact) mass is 282 g/mol. The van der Waals surface area contributed by atoms with Crippen LogP contribution >= 0.6 is 0 Å². The van der Waals surface area contributed by atoms with Crippen LogP contribution in [0.25, 0.3) is 0 Å². The SMILES string of the molecule is NC=CCc1cc(N)nc(=O)n1[C@H]1C[C@H](O)[C@@H](CO)O1. The number of allylic oxidation sites excluding steroid dienone is 1. The molecule has 3 atom stereocenters. The maximum atomic E-state index is 12.0. The summed E-state index contributed by atoms with van der Waals surface area (Å²) in [6.07, 6.45) is 1.42. The number of ether oxygens (including phenoxy) is 1. The summed E-state index contributed by atoms with van der Waals surface area (Å²) in [5.74, 6) is 0.115. The minimum Gasteiger partial charge on any atom is -0.405 e. The Balaban J connectivity index is 2.38. The van der Waals surface area contributed by atoms with E-state index in [0.29, 0.717) is 12.1 Å². The number of aliphatic hydroxyl groups is 2. The van der Waals surface area contributed by atoms with Gasteiger partial charge in [-0.1, -0.05) is 6.08 Å². The van der Waals surface area contributed by atoms with Crippen molar-refractivity contribution in [3.63, 3.8) is 0 Å². The molecule has 1 fully saturated rings. The van der Waals surface area contributed by atoms with Crippen molar-refractivity contribution in [1.82, 2.24) is 9.55 Å². The topological polar surface area (TPSA) is 137 Å². The molecule has 0 bridgehead atoms. The molecule has 6 N–H and O–H groups in total. The zero-order valence-electron chi connectivity index (χ0n) is 10.8. The molecule has 1 saturated heterocycles.